The third kappa shape index (κ3) is 5.01. The van der Waals surface area contributed by atoms with Crippen molar-refractivity contribution in [1.29, 1.82) is 0 Å². The lowest BCUT2D eigenvalue weighted by Crippen LogP contribution is -2.27. The summed E-state index contributed by atoms with van der Waals surface area (Å²) in [6.07, 6.45) is 2.01. The second-order valence-corrected chi connectivity index (χ2v) is 5.09. The van der Waals surface area contributed by atoms with Gasteiger partial charge in [-0.2, -0.15) is 0 Å². The van der Waals surface area contributed by atoms with Gasteiger partial charge in [-0.15, -0.1) is 0 Å². The minimum atomic E-state index is -0.732. The molecule has 0 atom stereocenters. The zero-order valence-electron chi connectivity index (χ0n) is 11.3. The van der Waals surface area contributed by atoms with Gasteiger partial charge in [0.2, 0.25) is 0 Å². The highest BCUT2D eigenvalue weighted by Crippen LogP contribution is 2.11. The van der Waals surface area contributed by atoms with Crippen LogP contribution in [0.15, 0.2) is 24.3 Å². The van der Waals surface area contributed by atoms with E-state index >= 15 is 0 Å². The van der Waals surface area contributed by atoms with E-state index in [1.54, 1.807) is 0 Å². The number of hydrogen-bond donors (Lipinski definition) is 2. The molecule has 0 aliphatic carbocycles. The molecule has 1 saturated heterocycles. The predicted molar refractivity (Wildman–Crippen MR) is 75.2 cm³/mol. The van der Waals surface area contributed by atoms with Gasteiger partial charge in [0.05, 0.1) is 0 Å². The lowest BCUT2D eigenvalue weighted by Gasteiger charge is -2.19. The third-order valence-electron chi connectivity index (χ3n) is 3.46. The minimum Gasteiger partial charge on any atom is -0.481 e. The summed E-state index contributed by atoms with van der Waals surface area (Å²) in [4.78, 5) is 13.1. The number of carbonyl (C=O) groups is 1. The predicted octanol–water partition coefficient (Wildman–Crippen LogP) is 1.50. The summed E-state index contributed by atoms with van der Waals surface area (Å²) in [7, 11) is 0. The van der Waals surface area contributed by atoms with Crippen LogP contribution in [0.1, 0.15) is 24.0 Å². The van der Waals surface area contributed by atoms with Gasteiger partial charge < -0.3 is 10.4 Å². The van der Waals surface area contributed by atoms with Crippen molar-refractivity contribution in [3.8, 4) is 0 Å². The van der Waals surface area contributed by atoms with E-state index in [1.807, 2.05) is 12.1 Å². The largest absolute Gasteiger partial charge is 0.481 e. The van der Waals surface area contributed by atoms with Crippen molar-refractivity contribution in [2.45, 2.75) is 25.8 Å². The van der Waals surface area contributed by atoms with Crippen LogP contribution < -0.4 is 5.32 Å². The van der Waals surface area contributed by atoms with Crippen LogP contribution in [0.25, 0.3) is 0 Å². The Morgan fingerprint density at radius 3 is 2.95 bits per heavy atom. The summed E-state index contributed by atoms with van der Waals surface area (Å²) in [6.45, 7) is 5.34. The first-order chi connectivity index (χ1) is 9.24. The fraction of sp³-hybridized carbons (Fsp3) is 0.533. The normalized spacial score (nSPS) is 17.1. The molecule has 0 unspecified atom stereocenters. The molecule has 0 saturated carbocycles. The average Bonchev–Trinajstić information content (AvgIpc) is 2.65. The summed E-state index contributed by atoms with van der Waals surface area (Å²) in [6, 6.07) is 8.31. The Bertz CT molecular complexity index is 412. The van der Waals surface area contributed by atoms with Crippen molar-refractivity contribution >= 4 is 5.97 Å². The van der Waals surface area contributed by atoms with Gasteiger partial charge in [0.15, 0.2) is 0 Å². The van der Waals surface area contributed by atoms with Crippen molar-refractivity contribution in [2.24, 2.45) is 0 Å². The molecule has 19 heavy (non-hydrogen) atoms. The Morgan fingerprint density at radius 1 is 1.26 bits per heavy atom. The van der Waals surface area contributed by atoms with Crippen molar-refractivity contribution in [1.82, 2.24) is 10.2 Å². The van der Waals surface area contributed by atoms with E-state index in [0.29, 0.717) is 6.42 Å². The molecule has 1 aliphatic rings. The lowest BCUT2D eigenvalue weighted by atomic mass is 10.1. The smallest absolute Gasteiger partial charge is 0.303 e. The van der Waals surface area contributed by atoms with Crippen LogP contribution in [-0.2, 0) is 17.8 Å². The van der Waals surface area contributed by atoms with E-state index in [4.69, 9.17) is 5.11 Å². The lowest BCUT2D eigenvalue weighted by molar-refractivity contribution is -0.136. The summed E-state index contributed by atoms with van der Waals surface area (Å²) in [5.74, 6) is -0.732. The van der Waals surface area contributed by atoms with Gasteiger partial charge in [-0.1, -0.05) is 24.3 Å². The van der Waals surface area contributed by atoms with E-state index < -0.39 is 5.97 Å². The number of nitrogens with zero attached hydrogens (tertiary/aromatic N) is 1. The molecule has 104 valence electrons. The highest BCUT2D eigenvalue weighted by atomic mass is 16.4. The number of aliphatic carboxylic acids is 1. The zero-order valence-corrected chi connectivity index (χ0v) is 11.3. The third-order valence-corrected chi connectivity index (χ3v) is 3.46. The molecule has 1 aliphatic heterocycles. The number of hydrogen-bond acceptors (Lipinski definition) is 3. The quantitative estimate of drug-likeness (QED) is 0.844. The Morgan fingerprint density at radius 2 is 2.11 bits per heavy atom. The molecule has 0 radical (unpaired) electrons. The number of aryl methyl sites for hydroxylation is 1. The number of benzene rings is 1. The van der Waals surface area contributed by atoms with Crippen LogP contribution in [0.5, 0.6) is 0 Å². The van der Waals surface area contributed by atoms with Crippen LogP contribution in [0, 0.1) is 0 Å². The fourth-order valence-electron chi connectivity index (χ4n) is 2.45. The summed E-state index contributed by atoms with van der Waals surface area (Å²) < 4.78 is 0. The number of nitrogens with one attached hydrogen (secondary N) is 1. The molecule has 1 aromatic rings. The number of rotatable bonds is 5. The van der Waals surface area contributed by atoms with E-state index in [1.165, 1.54) is 12.0 Å². The summed E-state index contributed by atoms with van der Waals surface area (Å²) in [5.41, 5.74) is 2.40. The molecule has 2 N–H and O–H groups in total. The van der Waals surface area contributed by atoms with Gasteiger partial charge in [0, 0.05) is 26.1 Å². The van der Waals surface area contributed by atoms with E-state index in [2.05, 4.69) is 22.3 Å². The van der Waals surface area contributed by atoms with E-state index in [9.17, 15) is 4.79 Å². The van der Waals surface area contributed by atoms with Crippen molar-refractivity contribution in [2.75, 3.05) is 26.2 Å². The molecule has 0 spiro atoms. The van der Waals surface area contributed by atoms with Crippen molar-refractivity contribution < 1.29 is 9.90 Å². The zero-order chi connectivity index (χ0) is 13.5. The van der Waals surface area contributed by atoms with Gasteiger partial charge in [0.1, 0.15) is 0 Å². The van der Waals surface area contributed by atoms with Gasteiger partial charge in [0.25, 0.3) is 0 Å². The van der Waals surface area contributed by atoms with Crippen molar-refractivity contribution in [3.63, 3.8) is 0 Å². The van der Waals surface area contributed by atoms with Crippen LogP contribution in [0.2, 0.25) is 0 Å². The molecule has 1 heterocycles. The fourth-order valence-corrected chi connectivity index (χ4v) is 2.45. The molecule has 1 fully saturated rings. The summed E-state index contributed by atoms with van der Waals surface area (Å²) >= 11 is 0. The van der Waals surface area contributed by atoms with Crippen LogP contribution in [0.4, 0.5) is 0 Å². The number of carboxylic acid groups (broad SMARTS) is 1. The Kier molecular flexibility index (Phi) is 5.36. The van der Waals surface area contributed by atoms with Gasteiger partial charge >= 0.3 is 5.97 Å². The molecule has 4 heteroatoms. The maximum Gasteiger partial charge on any atom is 0.303 e. The Hall–Kier alpha value is -1.39. The molecular formula is C15H22N2O2. The monoisotopic (exact) mass is 262 g/mol. The summed E-state index contributed by atoms with van der Waals surface area (Å²) in [5, 5.41) is 12.1. The molecular weight excluding hydrogens is 240 g/mol. The first-order valence-corrected chi connectivity index (χ1v) is 6.97. The Balaban J connectivity index is 1.91. The highest BCUT2D eigenvalue weighted by molar-refractivity contribution is 5.67. The molecule has 0 bridgehead atoms. The second-order valence-electron chi connectivity index (χ2n) is 5.09. The molecule has 0 aromatic heterocycles. The maximum absolute atomic E-state index is 10.6. The number of carboxylic acids is 1. The Labute approximate surface area is 114 Å². The highest BCUT2D eigenvalue weighted by Gasteiger charge is 2.09. The molecule has 0 amide bonds. The van der Waals surface area contributed by atoms with Crippen LogP contribution >= 0.6 is 0 Å². The van der Waals surface area contributed by atoms with Crippen LogP contribution in [-0.4, -0.2) is 42.2 Å². The van der Waals surface area contributed by atoms with Crippen LogP contribution in [0.3, 0.4) is 0 Å². The average molecular weight is 262 g/mol. The SMILES string of the molecule is O=C(O)CCc1cccc(CN2CCCNCC2)c1. The van der Waals surface area contributed by atoms with Crippen molar-refractivity contribution in [3.05, 3.63) is 35.4 Å². The first kappa shape index (κ1) is 14.0. The van der Waals surface area contributed by atoms with Gasteiger partial charge in [-0.05, 0) is 37.1 Å². The molecule has 2 rings (SSSR count). The first-order valence-electron chi connectivity index (χ1n) is 6.97. The molecule has 1 aromatic carbocycles. The van der Waals surface area contributed by atoms with E-state index in [-0.39, 0.29) is 6.42 Å². The topological polar surface area (TPSA) is 52.6 Å². The van der Waals surface area contributed by atoms with Gasteiger partial charge in [-0.25, -0.2) is 0 Å². The standard InChI is InChI=1S/C15H22N2O2/c18-15(19)6-5-13-3-1-4-14(11-13)12-17-9-2-7-16-8-10-17/h1,3-4,11,16H,2,5-10,12H2,(H,18,19). The molecule has 4 nitrogen and oxygen atoms in total. The maximum atomic E-state index is 10.6. The van der Waals surface area contributed by atoms with Gasteiger partial charge in [-0.3, -0.25) is 9.69 Å². The second kappa shape index (κ2) is 7.26. The minimum absolute atomic E-state index is 0.205. The van der Waals surface area contributed by atoms with E-state index in [0.717, 1.165) is 38.3 Å².